The molecule has 5 atom stereocenters. The predicted octanol–water partition coefficient (Wildman–Crippen LogP) is 0.764. The van der Waals surface area contributed by atoms with Crippen LogP contribution < -0.4 is 14.9 Å². The fraction of sp³-hybridized carbons (Fsp3) is 0.286. The highest BCUT2D eigenvalue weighted by atomic mass is 16.7. The van der Waals surface area contributed by atoms with Crippen LogP contribution in [0.5, 0.6) is 17.2 Å². The third kappa shape index (κ3) is 3.89. The summed E-state index contributed by atoms with van der Waals surface area (Å²) in [5.74, 6) is 0.703. The van der Waals surface area contributed by atoms with Crippen LogP contribution in [0.25, 0.3) is 11.0 Å². The van der Waals surface area contributed by atoms with Crippen molar-refractivity contribution in [2.75, 3.05) is 6.61 Å². The Kier molecular flexibility index (Phi) is 5.71. The van der Waals surface area contributed by atoms with Crippen LogP contribution in [0.4, 0.5) is 0 Å². The van der Waals surface area contributed by atoms with Crippen molar-refractivity contribution in [3.8, 4) is 17.2 Å². The molecule has 0 spiro atoms. The molecule has 0 bridgehead atoms. The standard InChI is InChI=1S/C21H20O9/c22-9-15-18(24)19(25)20(26)21(30-15)29-12-6-7-13-14(8-12)27-10-16(17(13)23)28-11-4-2-1-3-5-11/h1-8,10,15,18-22,24-26H,9H2/t15-,18-,19+,20-,21?/m1/s1. The van der Waals surface area contributed by atoms with E-state index in [1.807, 2.05) is 6.07 Å². The largest absolute Gasteiger partial charge is 0.462 e. The number of ether oxygens (including phenoxy) is 3. The van der Waals surface area contributed by atoms with E-state index < -0.39 is 37.3 Å². The second-order valence-electron chi connectivity index (χ2n) is 6.82. The minimum absolute atomic E-state index is 0.0244. The number of hydrogen-bond donors (Lipinski definition) is 4. The van der Waals surface area contributed by atoms with Gasteiger partial charge in [-0.15, -0.1) is 0 Å². The highest BCUT2D eigenvalue weighted by Crippen LogP contribution is 2.27. The first-order valence-electron chi connectivity index (χ1n) is 9.23. The molecule has 1 aliphatic rings. The van der Waals surface area contributed by atoms with Crippen molar-refractivity contribution >= 4 is 11.0 Å². The average molecular weight is 416 g/mol. The van der Waals surface area contributed by atoms with Crippen molar-refractivity contribution in [1.82, 2.24) is 0 Å². The van der Waals surface area contributed by atoms with Crippen LogP contribution in [0.1, 0.15) is 0 Å². The monoisotopic (exact) mass is 416 g/mol. The fourth-order valence-electron chi connectivity index (χ4n) is 3.15. The number of aliphatic hydroxyl groups is 4. The Hall–Kier alpha value is -2.95. The summed E-state index contributed by atoms with van der Waals surface area (Å²) in [6.07, 6.45) is -5.84. The van der Waals surface area contributed by atoms with Gasteiger partial charge in [-0.1, -0.05) is 18.2 Å². The summed E-state index contributed by atoms with van der Waals surface area (Å²) in [6, 6.07) is 13.2. The summed E-state index contributed by atoms with van der Waals surface area (Å²) in [7, 11) is 0. The van der Waals surface area contributed by atoms with E-state index in [9.17, 15) is 25.2 Å². The Morgan fingerprint density at radius 3 is 2.43 bits per heavy atom. The molecule has 158 valence electrons. The molecule has 30 heavy (non-hydrogen) atoms. The average Bonchev–Trinajstić information content (AvgIpc) is 2.77. The third-order valence-corrected chi connectivity index (χ3v) is 4.79. The molecule has 1 aliphatic heterocycles. The summed E-state index contributed by atoms with van der Waals surface area (Å²) in [5.41, 5.74) is -0.165. The number of hydrogen-bond acceptors (Lipinski definition) is 9. The molecular formula is C21H20O9. The molecule has 1 fully saturated rings. The van der Waals surface area contributed by atoms with E-state index in [4.69, 9.17) is 18.6 Å². The van der Waals surface area contributed by atoms with Gasteiger partial charge in [0.25, 0.3) is 0 Å². The number of aliphatic hydroxyl groups excluding tert-OH is 4. The van der Waals surface area contributed by atoms with Crippen molar-refractivity contribution in [2.24, 2.45) is 0 Å². The molecular weight excluding hydrogens is 396 g/mol. The van der Waals surface area contributed by atoms with Crippen molar-refractivity contribution in [2.45, 2.75) is 30.7 Å². The van der Waals surface area contributed by atoms with Crippen molar-refractivity contribution in [1.29, 1.82) is 0 Å². The lowest BCUT2D eigenvalue weighted by atomic mass is 9.99. The van der Waals surface area contributed by atoms with Crippen molar-refractivity contribution < 1.29 is 39.1 Å². The summed E-state index contributed by atoms with van der Waals surface area (Å²) in [4.78, 5) is 12.7. The zero-order chi connectivity index (χ0) is 21.3. The van der Waals surface area contributed by atoms with Gasteiger partial charge in [0.05, 0.1) is 12.0 Å². The molecule has 0 amide bonds. The van der Waals surface area contributed by atoms with E-state index in [-0.39, 0.29) is 27.9 Å². The fourth-order valence-corrected chi connectivity index (χ4v) is 3.15. The second-order valence-corrected chi connectivity index (χ2v) is 6.82. The van der Waals surface area contributed by atoms with Gasteiger partial charge in [-0.2, -0.15) is 0 Å². The molecule has 3 aromatic rings. The number of benzene rings is 2. The molecule has 9 heteroatoms. The van der Waals surface area contributed by atoms with E-state index in [0.717, 1.165) is 0 Å². The molecule has 2 aromatic carbocycles. The maximum Gasteiger partial charge on any atom is 0.235 e. The van der Waals surface area contributed by atoms with Crippen molar-refractivity contribution in [3.05, 3.63) is 65.0 Å². The molecule has 4 rings (SSSR count). The Balaban J connectivity index is 1.57. The van der Waals surface area contributed by atoms with E-state index in [1.165, 1.54) is 24.5 Å². The van der Waals surface area contributed by atoms with Crippen LogP contribution >= 0.6 is 0 Å². The lowest BCUT2D eigenvalue weighted by molar-refractivity contribution is -0.277. The van der Waals surface area contributed by atoms with Gasteiger partial charge < -0.3 is 39.1 Å². The summed E-state index contributed by atoms with van der Waals surface area (Å²) in [5, 5.41) is 39.3. The quantitative estimate of drug-likeness (QED) is 0.475. The zero-order valence-electron chi connectivity index (χ0n) is 15.6. The molecule has 0 radical (unpaired) electrons. The molecule has 1 unspecified atom stereocenters. The van der Waals surface area contributed by atoms with Gasteiger partial charge in [0, 0.05) is 6.07 Å². The number of rotatable bonds is 5. The zero-order valence-corrected chi connectivity index (χ0v) is 15.6. The topological polar surface area (TPSA) is 139 Å². The first-order chi connectivity index (χ1) is 14.5. The molecule has 2 heterocycles. The normalized spacial score (nSPS) is 26.5. The van der Waals surface area contributed by atoms with E-state index in [1.54, 1.807) is 24.3 Å². The maximum atomic E-state index is 12.7. The van der Waals surface area contributed by atoms with E-state index in [0.29, 0.717) is 5.75 Å². The van der Waals surface area contributed by atoms with E-state index >= 15 is 0 Å². The van der Waals surface area contributed by atoms with Gasteiger partial charge in [-0.3, -0.25) is 4.79 Å². The van der Waals surface area contributed by atoms with E-state index in [2.05, 4.69) is 0 Å². The molecule has 1 saturated heterocycles. The molecule has 9 nitrogen and oxygen atoms in total. The first-order valence-corrected chi connectivity index (χ1v) is 9.23. The summed E-state index contributed by atoms with van der Waals surface area (Å²) in [6.45, 7) is -0.568. The van der Waals surface area contributed by atoms with Crippen molar-refractivity contribution in [3.63, 3.8) is 0 Å². The minimum atomic E-state index is -1.56. The maximum absolute atomic E-state index is 12.7. The molecule has 0 aliphatic carbocycles. The lowest BCUT2D eigenvalue weighted by Gasteiger charge is -2.39. The van der Waals surface area contributed by atoms with Gasteiger partial charge in [-0.25, -0.2) is 0 Å². The van der Waals surface area contributed by atoms with Crippen LogP contribution in [-0.4, -0.2) is 57.7 Å². The molecule has 0 saturated carbocycles. The van der Waals surface area contributed by atoms with Gasteiger partial charge in [-0.05, 0) is 24.3 Å². The Morgan fingerprint density at radius 1 is 0.933 bits per heavy atom. The van der Waals surface area contributed by atoms with Crippen LogP contribution in [0.2, 0.25) is 0 Å². The van der Waals surface area contributed by atoms with Gasteiger partial charge in [0.2, 0.25) is 17.5 Å². The Labute approximate surface area is 170 Å². The van der Waals surface area contributed by atoms with Crippen LogP contribution in [-0.2, 0) is 4.74 Å². The number of fused-ring (bicyclic) bond motifs is 1. The second kappa shape index (κ2) is 8.42. The van der Waals surface area contributed by atoms with Crippen LogP contribution in [0.15, 0.2) is 64.0 Å². The molecule has 1 aromatic heterocycles. The van der Waals surface area contributed by atoms with Gasteiger partial charge in [0.15, 0.2) is 0 Å². The minimum Gasteiger partial charge on any atom is -0.462 e. The SMILES string of the molecule is O=c1c(Oc2ccccc2)coc2cc(OC3O[C@H](CO)[C@@H](O)[C@H](O)[C@H]3O)ccc12. The smallest absolute Gasteiger partial charge is 0.235 e. The predicted molar refractivity (Wildman–Crippen MR) is 103 cm³/mol. The van der Waals surface area contributed by atoms with Crippen LogP contribution in [0.3, 0.4) is 0 Å². The van der Waals surface area contributed by atoms with Gasteiger partial charge >= 0.3 is 0 Å². The van der Waals surface area contributed by atoms with Gasteiger partial charge in [0.1, 0.15) is 47.8 Å². The third-order valence-electron chi connectivity index (χ3n) is 4.79. The molecule has 4 N–H and O–H groups in total. The number of para-hydroxylation sites is 1. The van der Waals surface area contributed by atoms with Crippen LogP contribution in [0, 0.1) is 0 Å². The summed E-state index contributed by atoms with van der Waals surface area (Å²) >= 11 is 0. The highest BCUT2D eigenvalue weighted by molar-refractivity contribution is 5.79. The lowest BCUT2D eigenvalue weighted by Crippen LogP contribution is -2.60. The Bertz CT molecular complexity index is 1060. The highest BCUT2D eigenvalue weighted by Gasteiger charge is 2.44. The summed E-state index contributed by atoms with van der Waals surface area (Å²) < 4.78 is 21.9. The first kappa shape index (κ1) is 20.3. The Morgan fingerprint density at radius 2 is 1.70 bits per heavy atom.